The smallest absolute Gasteiger partial charge is 0.139 e. The Morgan fingerprint density at radius 1 is 1.61 bits per heavy atom. The van der Waals surface area contributed by atoms with Crippen LogP contribution in [0.1, 0.15) is 31.1 Å². The maximum Gasteiger partial charge on any atom is 0.139 e. The number of rotatable bonds is 7. The molecule has 5 heteroatoms. The van der Waals surface area contributed by atoms with Crippen molar-refractivity contribution in [3.05, 3.63) is 22.4 Å². The van der Waals surface area contributed by atoms with Gasteiger partial charge in [0.2, 0.25) is 0 Å². The van der Waals surface area contributed by atoms with Gasteiger partial charge >= 0.3 is 0 Å². The van der Waals surface area contributed by atoms with Crippen LogP contribution in [0.3, 0.4) is 0 Å². The molecular formula is C13H21N3OS. The number of amidine groups is 1. The van der Waals surface area contributed by atoms with Gasteiger partial charge in [-0.25, -0.2) is 0 Å². The summed E-state index contributed by atoms with van der Waals surface area (Å²) in [5.41, 5.74) is 5.89. The minimum atomic E-state index is 0.254. The van der Waals surface area contributed by atoms with Gasteiger partial charge < -0.3 is 10.9 Å². The molecule has 100 valence electrons. The van der Waals surface area contributed by atoms with Crippen LogP contribution in [0, 0.1) is 5.41 Å². The number of nitrogens with zero attached hydrogens (tertiary/aromatic N) is 2. The minimum absolute atomic E-state index is 0.254. The predicted octanol–water partition coefficient (Wildman–Crippen LogP) is 2.49. The normalized spacial score (nSPS) is 18.2. The van der Waals surface area contributed by atoms with Gasteiger partial charge in [0, 0.05) is 24.4 Å². The highest BCUT2D eigenvalue weighted by Crippen LogP contribution is 2.49. The fourth-order valence-corrected chi connectivity index (χ4v) is 3.11. The van der Waals surface area contributed by atoms with Gasteiger partial charge in [0.05, 0.1) is 0 Å². The highest BCUT2D eigenvalue weighted by atomic mass is 32.1. The molecule has 0 unspecified atom stereocenters. The third-order valence-corrected chi connectivity index (χ3v) is 4.47. The molecule has 0 aliphatic heterocycles. The lowest BCUT2D eigenvalue weighted by Gasteiger charge is -2.25. The summed E-state index contributed by atoms with van der Waals surface area (Å²) in [6, 6.07) is 4.27. The van der Waals surface area contributed by atoms with E-state index in [-0.39, 0.29) is 5.41 Å². The molecule has 3 N–H and O–H groups in total. The quantitative estimate of drug-likeness (QED) is 0.345. The van der Waals surface area contributed by atoms with E-state index in [0.29, 0.717) is 12.3 Å². The van der Waals surface area contributed by atoms with Crippen LogP contribution in [-0.4, -0.2) is 29.0 Å². The second-order valence-electron chi connectivity index (χ2n) is 5.15. The third-order valence-electron chi connectivity index (χ3n) is 3.61. The molecule has 18 heavy (non-hydrogen) atoms. The van der Waals surface area contributed by atoms with Crippen LogP contribution in [0.2, 0.25) is 0 Å². The SMILES string of the molecule is CCN(Cc1cccs1)CC1(CC(N)=NO)CC1. The Labute approximate surface area is 112 Å². The standard InChI is InChI=1S/C13H21N3OS/c1-2-16(9-11-4-3-7-18-11)10-13(5-6-13)8-12(14)15-17/h3-4,7,17H,2,5-6,8-10H2,1H3,(H2,14,15). The largest absolute Gasteiger partial charge is 0.409 e. The summed E-state index contributed by atoms with van der Waals surface area (Å²) in [5, 5.41) is 13.9. The number of oxime groups is 1. The van der Waals surface area contributed by atoms with Crippen LogP contribution >= 0.6 is 11.3 Å². The Morgan fingerprint density at radius 2 is 2.39 bits per heavy atom. The Bertz CT molecular complexity index is 398. The molecule has 0 radical (unpaired) electrons. The first-order valence-electron chi connectivity index (χ1n) is 6.38. The molecule has 1 aromatic rings. The van der Waals surface area contributed by atoms with Crippen LogP contribution in [0.25, 0.3) is 0 Å². The summed E-state index contributed by atoms with van der Waals surface area (Å²) < 4.78 is 0. The van der Waals surface area contributed by atoms with Gasteiger partial charge in [-0.1, -0.05) is 18.1 Å². The van der Waals surface area contributed by atoms with E-state index in [9.17, 15) is 0 Å². The van der Waals surface area contributed by atoms with E-state index >= 15 is 0 Å². The van der Waals surface area contributed by atoms with Crippen LogP contribution < -0.4 is 5.73 Å². The van der Waals surface area contributed by atoms with Gasteiger partial charge in [-0.05, 0) is 36.2 Å². The highest BCUT2D eigenvalue weighted by molar-refractivity contribution is 7.09. The van der Waals surface area contributed by atoms with Crippen molar-refractivity contribution >= 4 is 17.2 Å². The van der Waals surface area contributed by atoms with Crippen molar-refractivity contribution in [2.24, 2.45) is 16.3 Å². The van der Waals surface area contributed by atoms with E-state index in [4.69, 9.17) is 10.9 Å². The summed E-state index contributed by atoms with van der Waals surface area (Å²) in [7, 11) is 0. The number of nitrogens with two attached hydrogens (primary N) is 1. The molecule has 1 heterocycles. The molecule has 2 rings (SSSR count). The first-order chi connectivity index (χ1) is 8.67. The van der Waals surface area contributed by atoms with Crippen molar-refractivity contribution in [1.82, 2.24) is 4.90 Å². The summed E-state index contributed by atoms with van der Waals surface area (Å²) in [6.07, 6.45) is 3.08. The van der Waals surface area contributed by atoms with E-state index in [0.717, 1.165) is 19.6 Å². The van der Waals surface area contributed by atoms with Gasteiger partial charge in [0.1, 0.15) is 5.84 Å². The summed E-state index contributed by atoms with van der Waals surface area (Å²) >= 11 is 1.80. The topological polar surface area (TPSA) is 61.8 Å². The van der Waals surface area contributed by atoms with Crippen molar-refractivity contribution in [3.63, 3.8) is 0 Å². The average Bonchev–Trinajstić information content (AvgIpc) is 2.91. The van der Waals surface area contributed by atoms with E-state index < -0.39 is 0 Å². The van der Waals surface area contributed by atoms with E-state index in [1.54, 1.807) is 11.3 Å². The summed E-state index contributed by atoms with van der Waals surface area (Å²) in [4.78, 5) is 3.85. The minimum Gasteiger partial charge on any atom is -0.409 e. The van der Waals surface area contributed by atoms with E-state index in [2.05, 4.69) is 34.5 Å². The first-order valence-corrected chi connectivity index (χ1v) is 7.26. The Hall–Kier alpha value is -1.07. The molecule has 1 saturated carbocycles. The van der Waals surface area contributed by atoms with Gasteiger partial charge in [0.25, 0.3) is 0 Å². The van der Waals surface area contributed by atoms with Crippen LogP contribution in [0.4, 0.5) is 0 Å². The zero-order chi connectivity index (χ0) is 13.0. The zero-order valence-corrected chi connectivity index (χ0v) is 11.6. The first kappa shape index (κ1) is 13.4. The number of hydrogen-bond acceptors (Lipinski definition) is 4. The highest BCUT2D eigenvalue weighted by Gasteiger charge is 2.44. The molecule has 0 aromatic carbocycles. The molecule has 1 aliphatic rings. The summed E-state index contributed by atoms with van der Waals surface area (Å²) in [5.74, 6) is 0.361. The Balaban J connectivity index is 1.90. The monoisotopic (exact) mass is 267 g/mol. The maximum absolute atomic E-state index is 8.68. The molecule has 1 fully saturated rings. The predicted molar refractivity (Wildman–Crippen MR) is 75.0 cm³/mol. The molecule has 0 spiro atoms. The van der Waals surface area contributed by atoms with Crippen LogP contribution in [0.5, 0.6) is 0 Å². The van der Waals surface area contributed by atoms with Crippen molar-refractivity contribution < 1.29 is 5.21 Å². The third kappa shape index (κ3) is 3.46. The van der Waals surface area contributed by atoms with E-state index in [1.165, 1.54) is 17.7 Å². The molecule has 1 aliphatic carbocycles. The van der Waals surface area contributed by atoms with Crippen molar-refractivity contribution in [1.29, 1.82) is 0 Å². The maximum atomic E-state index is 8.68. The molecule has 4 nitrogen and oxygen atoms in total. The van der Waals surface area contributed by atoms with Crippen LogP contribution in [0.15, 0.2) is 22.7 Å². The van der Waals surface area contributed by atoms with Gasteiger partial charge in [-0.2, -0.15) is 0 Å². The average molecular weight is 267 g/mol. The molecule has 0 amide bonds. The molecule has 0 atom stereocenters. The second-order valence-corrected chi connectivity index (χ2v) is 6.18. The lowest BCUT2D eigenvalue weighted by molar-refractivity contribution is 0.224. The lowest BCUT2D eigenvalue weighted by Crippen LogP contribution is -2.32. The Morgan fingerprint density at radius 3 is 2.89 bits per heavy atom. The van der Waals surface area contributed by atoms with Crippen molar-refractivity contribution in [3.8, 4) is 0 Å². The fourth-order valence-electron chi connectivity index (χ4n) is 2.36. The molecule has 0 bridgehead atoms. The molecule has 0 saturated heterocycles. The van der Waals surface area contributed by atoms with Gasteiger partial charge in [0.15, 0.2) is 0 Å². The molecule has 1 aromatic heterocycles. The number of thiophene rings is 1. The van der Waals surface area contributed by atoms with Gasteiger partial charge in [-0.3, -0.25) is 4.90 Å². The molecular weight excluding hydrogens is 246 g/mol. The second kappa shape index (κ2) is 5.71. The lowest BCUT2D eigenvalue weighted by atomic mass is 10.0. The summed E-state index contributed by atoms with van der Waals surface area (Å²) in [6.45, 7) is 5.27. The fraction of sp³-hybridized carbons (Fsp3) is 0.615. The van der Waals surface area contributed by atoms with Gasteiger partial charge in [-0.15, -0.1) is 11.3 Å². The van der Waals surface area contributed by atoms with E-state index in [1.807, 2.05) is 0 Å². The van der Waals surface area contributed by atoms with Crippen molar-refractivity contribution in [2.75, 3.05) is 13.1 Å². The Kier molecular flexibility index (Phi) is 4.24. The zero-order valence-electron chi connectivity index (χ0n) is 10.8. The van der Waals surface area contributed by atoms with Crippen LogP contribution in [-0.2, 0) is 6.54 Å². The van der Waals surface area contributed by atoms with Crippen molar-refractivity contribution in [2.45, 2.75) is 32.7 Å². The number of hydrogen-bond donors (Lipinski definition) is 2.